The molecule has 43 heavy (non-hydrogen) atoms. The Kier molecular flexibility index (Phi) is 3.59. The van der Waals surface area contributed by atoms with Gasteiger partial charge in [0, 0.05) is 16.5 Å². The molecular weight excluding hydrogens is 520 g/mol. The fourth-order valence-corrected chi connectivity index (χ4v) is 5.80. The zero-order valence-corrected chi connectivity index (χ0v) is 23.8. The highest BCUT2D eigenvalue weighted by Gasteiger charge is 2.21. The van der Waals surface area contributed by atoms with E-state index in [1.807, 2.05) is 54.6 Å². The molecule has 0 atom stereocenters. The molecule has 0 bridgehead atoms. The van der Waals surface area contributed by atoms with Gasteiger partial charge in [-0.1, -0.05) is 148 Å². The predicted octanol–water partition coefficient (Wildman–Crippen LogP) is 12.2. The van der Waals surface area contributed by atoms with Gasteiger partial charge in [-0.05, 0) is 71.6 Å². The van der Waals surface area contributed by atoms with Crippen molar-refractivity contribution >= 4 is 43.3 Å². The molecule has 8 rings (SSSR count). The van der Waals surface area contributed by atoms with Crippen molar-refractivity contribution in [1.82, 2.24) is 0 Å². The van der Waals surface area contributed by atoms with Crippen LogP contribution in [0.15, 0.2) is 144 Å². The molecule has 0 aliphatic carbocycles. The van der Waals surface area contributed by atoms with Gasteiger partial charge in [0.15, 0.2) is 0 Å². The van der Waals surface area contributed by atoms with Crippen LogP contribution >= 0.6 is 0 Å². The second-order valence-electron chi connectivity index (χ2n) is 11.6. The molecule has 0 fully saturated rings. The van der Waals surface area contributed by atoms with Crippen molar-refractivity contribution in [3.63, 3.8) is 0 Å². The lowest BCUT2D eigenvalue weighted by atomic mass is 9.84. The molecule has 206 valence electrons. The molecule has 8 aromatic rings. The molecule has 1 heteroatoms. The molecule has 0 N–H and O–H groups in total. The number of hydrogen-bond acceptors (Lipinski definition) is 1. The average molecular weight is 565 g/mol. The summed E-state index contributed by atoms with van der Waals surface area (Å²) in [6, 6.07) is 15.9. The van der Waals surface area contributed by atoms with Crippen molar-refractivity contribution in [2.24, 2.45) is 0 Å². The summed E-state index contributed by atoms with van der Waals surface area (Å²) < 4.78 is 114. The summed E-state index contributed by atoms with van der Waals surface area (Å²) in [5, 5.41) is 1.53. The lowest BCUT2D eigenvalue weighted by Gasteiger charge is -2.19. The Morgan fingerprint density at radius 2 is 1.14 bits per heavy atom. The van der Waals surface area contributed by atoms with E-state index in [2.05, 4.69) is 0 Å². The summed E-state index contributed by atoms with van der Waals surface area (Å²) in [4.78, 5) is 0. The van der Waals surface area contributed by atoms with Gasteiger partial charge < -0.3 is 4.42 Å². The van der Waals surface area contributed by atoms with E-state index in [4.69, 9.17) is 14.0 Å². The fourth-order valence-electron chi connectivity index (χ4n) is 5.80. The Hall–Kier alpha value is -5.14. The normalized spacial score (nSPS) is 16.0. The van der Waals surface area contributed by atoms with Crippen LogP contribution in [0.3, 0.4) is 0 Å². The van der Waals surface area contributed by atoms with Gasteiger partial charge in [-0.2, -0.15) is 0 Å². The quantitative estimate of drug-likeness (QED) is 0.195. The van der Waals surface area contributed by atoms with Crippen molar-refractivity contribution in [1.29, 1.82) is 0 Å². The number of hydrogen-bond donors (Lipinski definition) is 0. The van der Waals surface area contributed by atoms with E-state index in [9.17, 15) is 6.85 Å². The minimum atomic E-state index is -0.754. The average Bonchev–Trinajstić information content (AvgIpc) is 3.51. The van der Waals surface area contributed by atoms with Crippen LogP contribution in [0, 0.1) is 0 Å². The first kappa shape index (κ1) is 15.9. The zero-order valence-electron chi connectivity index (χ0n) is 35.8. The molecule has 0 aliphatic rings. The standard InChI is InChI=1S/C42H32O/c1-42(2,3)30-23-24-33-38(26-43-39(33)25-30)41-36-16-8-6-14-34(36)40(35-15-7-9-17-37(35)41)29-21-19-28(20-22-29)32-18-10-12-27-11-4-5-13-31(27)32/h4-26H,1-3H3/i6D,7D,8D,9D,14D,15D,16D,17D,23D,24D,25D,26D. The third kappa shape index (κ3) is 4.15. The molecule has 1 aromatic heterocycles. The first-order valence-electron chi connectivity index (χ1n) is 20.1. The molecule has 0 saturated carbocycles. The van der Waals surface area contributed by atoms with Gasteiger partial charge >= 0.3 is 0 Å². The Morgan fingerprint density at radius 1 is 0.535 bits per heavy atom. The molecule has 1 heterocycles. The van der Waals surface area contributed by atoms with Gasteiger partial charge in [0.1, 0.15) is 6.95 Å². The number of fused-ring (bicyclic) bond motifs is 4. The van der Waals surface area contributed by atoms with E-state index in [0.29, 0.717) is 5.56 Å². The maximum Gasteiger partial charge on any atom is 0.134 e. The lowest BCUT2D eigenvalue weighted by molar-refractivity contribution is 0.583. The molecule has 0 amide bonds. The monoisotopic (exact) mass is 564 g/mol. The summed E-state index contributed by atoms with van der Waals surface area (Å²) in [6.45, 7) is 5.36. The molecule has 0 unspecified atom stereocenters. The van der Waals surface area contributed by atoms with Gasteiger partial charge in [0.2, 0.25) is 0 Å². The van der Waals surface area contributed by atoms with E-state index in [1.54, 1.807) is 32.9 Å². The zero-order chi connectivity index (χ0) is 39.6. The Morgan fingerprint density at radius 3 is 1.81 bits per heavy atom. The fraction of sp³-hybridized carbons (Fsp3) is 0.0952. The number of benzene rings is 7. The SMILES string of the molecule is [2H]c1oc2c([2H])c(C(C)(C)C)c([2H])c([2H])c2c1-c1c2c([2H])c([2H])c([2H])c([2H])c2c(-c2ccc(-c3cccc4ccccc34)cc2)c2c([2H])c([2H])c([2H])c([2H])c12. The van der Waals surface area contributed by atoms with Crippen LogP contribution < -0.4 is 0 Å². The van der Waals surface area contributed by atoms with Crippen LogP contribution in [0.5, 0.6) is 0 Å². The maximum atomic E-state index is 9.28. The third-order valence-corrected chi connectivity index (χ3v) is 7.93. The Labute approximate surface area is 268 Å². The van der Waals surface area contributed by atoms with Gasteiger partial charge in [-0.15, -0.1) is 0 Å². The Bertz CT molecular complexity index is 2890. The van der Waals surface area contributed by atoms with Gasteiger partial charge in [-0.25, -0.2) is 0 Å². The van der Waals surface area contributed by atoms with Crippen LogP contribution in [0.25, 0.3) is 76.7 Å². The van der Waals surface area contributed by atoms with Crippen molar-refractivity contribution in [2.45, 2.75) is 26.2 Å². The lowest BCUT2D eigenvalue weighted by Crippen LogP contribution is -2.10. The largest absolute Gasteiger partial charge is 0.464 e. The van der Waals surface area contributed by atoms with E-state index in [1.165, 1.54) is 0 Å². The van der Waals surface area contributed by atoms with Crippen LogP contribution in [0.1, 0.15) is 42.8 Å². The summed E-state index contributed by atoms with van der Waals surface area (Å²) in [5.41, 5.74) is 1.28. The van der Waals surface area contributed by atoms with Gasteiger partial charge in [0.25, 0.3) is 0 Å². The molecule has 7 aromatic carbocycles. The molecule has 1 nitrogen and oxygen atoms in total. The molecule has 0 aliphatic heterocycles. The van der Waals surface area contributed by atoms with Gasteiger partial charge in [-0.3, -0.25) is 0 Å². The smallest absolute Gasteiger partial charge is 0.134 e. The Balaban J connectivity index is 1.58. The summed E-state index contributed by atoms with van der Waals surface area (Å²) >= 11 is 0. The highest BCUT2D eigenvalue weighted by Crippen LogP contribution is 2.46. The minimum Gasteiger partial charge on any atom is -0.464 e. The van der Waals surface area contributed by atoms with Crippen LogP contribution in [-0.2, 0) is 5.41 Å². The van der Waals surface area contributed by atoms with E-state index < -0.39 is 60.0 Å². The van der Waals surface area contributed by atoms with Gasteiger partial charge in [0.05, 0.1) is 21.3 Å². The second-order valence-corrected chi connectivity index (χ2v) is 11.6. The summed E-state index contributed by atoms with van der Waals surface area (Å²) in [5.74, 6) is 0. The topological polar surface area (TPSA) is 13.1 Å². The van der Waals surface area contributed by atoms with E-state index >= 15 is 0 Å². The first-order chi connectivity index (χ1) is 26.0. The predicted molar refractivity (Wildman–Crippen MR) is 184 cm³/mol. The van der Waals surface area contributed by atoms with Crippen LogP contribution in [0.2, 0.25) is 0 Å². The number of furan rings is 1. The highest BCUT2D eigenvalue weighted by atomic mass is 16.3. The molecule has 0 spiro atoms. The van der Waals surface area contributed by atoms with E-state index in [-0.39, 0.29) is 72.9 Å². The summed E-state index contributed by atoms with van der Waals surface area (Å²) in [7, 11) is 0. The molecular formula is C42H32O. The van der Waals surface area contributed by atoms with Crippen molar-refractivity contribution in [3.05, 3.63) is 145 Å². The third-order valence-electron chi connectivity index (χ3n) is 7.93. The van der Waals surface area contributed by atoms with Crippen molar-refractivity contribution < 1.29 is 20.9 Å². The highest BCUT2D eigenvalue weighted by molar-refractivity contribution is 6.23. The second kappa shape index (κ2) is 9.71. The summed E-state index contributed by atoms with van der Waals surface area (Å²) in [6.07, 6.45) is -0.586. The van der Waals surface area contributed by atoms with Crippen molar-refractivity contribution in [3.8, 4) is 33.4 Å². The molecule has 0 saturated heterocycles. The van der Waals surface area contributed by atoms with E-state index in [0.717, 1.165) is 21.9 Å². The maximum absolute atomic E-state index is 9.28. The minimum absolute atomic E-state index is 0.0553. The number of rotatable bonds is 3. The first-order valence-corrected chi connectivity index (χ1v) is 14.1. The van der Waals surface area contributed by atoms with Crippen LogP contribution in [-0.4, -0.2) is 0 Å². The van der Waals surface area contributed by atoms with Crippen molar-refractivity contribution in [2.75, 3.05) is 0 Å². The molecule has 0 radical (unpaired) electrons. The van der Waals surface area contributed by atoms with Crippen LogP contribution in [0.4, 0.5) is 0 Å².